The highest BCUT2D eigenvalue weighted by atomic mass is 32.2. The molecular weight excluding hydrogens is 450 g/mol. The van der Waals surface area contributed by atoms with Crippen LogP contribution in [0, 0.1) is 13.8 Å². The fourth-order valence-corrected chi connectivity index (χ4v) is 6.65. The van der Waals surface area contributed by atoms with E-state index in [2.05, 4.69) is 5.32 Å². The molecule has 182 valence electrons. The van der Waals surface area contributed by atoms with Crippen molar-refractivity contribution < 1.29 is 18.0 Å². The van der Waals surface area contributed by atoms with Gasteiger partial charge in [0.2, 0.25) is 21.8 Å². The highest BCUT2D eigenvalue weighted by molar-refractivity contribution is 7.89. The number of amides is 2. The molecule has 1 aliphatic heterocycles. The fraction of sp³-hybridized carbons (Fsp3) is 0.462. The third-order valence-electron chi connectivity index (χ3n) is 6.81. The van der Waals surface area contributed by atoms with Crippen LogP contribution in [-0.4, -0.2) is 49.2 Å². The lowest BCUT2D eigenvalue weighted by molar-refractivity contribution is -0.133. The van der Waals surface area contributed by atoms with Gasteiger partial charge in [0.05, 0.1) is 11.4 Å². The number of anilines is 1. The number of rotatable bonds is 5. The average Bonchev–Trinajstić information content (AvgIpc) is 2.79. The molecule has 1 atom stereocenters. The van der Waals surface area contributed by atoms with Gasteiger partial charge in [-0.25, -0.2) is 8.42 Å². The van der Waals surface area contributed by atoms with E-state index in [-0.39, 0.29) is 29.9 Å². The van der Waals surface area contributed by atoms with Gasteiger partial charge in [-0.15, -0.1) is 0 Å². The summed E-state index contributed by atoms with van der Waals surface area (Å²) in [6.45, 7) is 5.11. The summed E-state index contributed by atoms with van der Waals surface area (Å²) in [4.78, 5) is 28.9. The Balaban J connectivity index is 1.74. The number of nitrogens with one attached hydrogen (secondary N) is 1. The average molecular weight is 484 g/mol. The van der Waals surface area contributed by atoms with Crippen molar-refractivity contribution in [2.75, 3.05) is 18.0 Å². The highest BCUT2D eigenvalue weighted by Crippen LogP contribution is 2.33. The molecule has 1 heterocycles. The maximum atomic E-state index is 13.8. The van der Waals surface area contributed by atoms with Crippen molar-refractivity contribution in [2.24, 2.45) is 0 Å². The molecule has 34 heavy (non-hydrogen) atoms. The molecule has 0 radical (unpaired) electrons. The second-order valence-corrected chi connectivity index (χ2v) is 11.7. The second kappa shape index (κ2) is 9.50. The number of nitrogens with zero attached hydrogens (tertiary/aromatic N) is 2. The van der Waals surface area contributed by atoms with Gasteiger partial charge in [-0.1, -0.05) is 43.5 Å². The van der Waals surface area contributed by atoms with Crippen molar-refractivity contribution in [1.29, 1.82) is 0 Å². The number of hydrogen-bond acceptors (Lipinski definition) is 4. The lowest BCUT2D eigenvalue weighted by Crippen LogP contribution is -2.70. The molecule has 0 aromatic heterocycles. The zero-order valence-electron chi connectivity index (χ0n) is 20.1. The molecule has 2 aromatic carbocycles. The third-order valence-corrected chi connectivity index (χ3v) is 8.62. The SMILES string of the molecule is Cc1cc(C)cc(N2C(=O)CN(S(=O)(=O)c3ccccc3)C[C@]2(C)C(=O)NC2CCCCC2)c1. The molecular formula is C26H33N3O4S. The second-order valence-electron chi connectivity index (χ2n) is 9.74. The highest BCUT2D eigenvalue weighted by Gasteiger charge is 2.51. The molecule has 1 aliphatic carbocycles. The van der Waals surface area contributed by atoms with Crippen molar-refractivity contribution in [2.45, 2.75) is 69.4 Å². The van der Waals surface area contributed by atoms with Crippen molar-refractivity contribution in [1.82, 2.24) is 9.62 Å². The first-order valence-electron chi connectivity index (χ1n) is 11.9. The van der Waals surface area contributed by atoms with E-state index in [9.17, 15) is 18.0 Å². The Morgan fingerprint density at radius 3 is 2.24 bits per heavy atom. The van der Waals surface area contributed by atoms with Gasteiger partial charge in [-0.3, -0.25) is 14.5 Å². The number of sulfonamides is 1. The topological polar surface area (TPSA) is 86.8 Å². The van der Waals surface area contributed by atoms with Crippen LogP contribution in [0.15, 0.2) is 53.4 Å². The minimum absolute atomic E-state index is 0.0374. The summed E-state index contributed by atoms with van der Waals surface area (Å²) in [5.41, 5.74) is 1.16. The molecule has 2 fully saturated rings. The van der Waals surface area contributed by atoms with Crippen LogP contribution in [0.25, 0.3) is 0 Å². The Labute approximate surface area is 202 Å². The predicted octanol–water partition coefficient (Wildman–Crippen LogP) is 3.55. The number of carbonyl (C=O) groups excluding carboxylic acids is 2. The van der Waals surface area contributed by atoms with Crippen LogP contribution in [0.4, 0.5) is 5.69 Å². The largest absolute Gasteiger partial charge is 0.351 e. The molecule has 2 aliphatic rings. The van der Waals surface area contributed by atoms with E-state index in [1.807, 2.05) is 32.0 Å². The maximum Gasteiger partial charge on any atom is 0.247 e. The molecule has 0 spiro atoms. The third kappa shape index (κ3) is 4.74. The van der Waals surface area contributed by atoms with Crippen LogP contribution >= 0.6 is 0 Å². The molecule has 2 amide bonds. The van der Waals surface area contributed by atoms with E-state index >= 15 is 0 Å². The fourth-order valence-electron chi connectivity index (χ4n) is 5.15. The van der Waals surface area contributed by atoms with Crippen LogP contribution in [-0.2, 0) is 19.6 Å². The van der Waals surface area contributed by atoms with Gasteiger partial charge in [-0.2, -0.15) is 4.31 Å². The first kappa shape index (κ1) is 24.4. The minimum atomic E-state index is -3.95. The van der Waals surface area contributed by atoms with Crippen molar-refractivity contribution >= 4 is 27.5 Å². The minimum Gasteiger partial charge on any atom is -0.351 e. The van der Waals surface area contributed by atoms with E-state index in [0.717, 1.165) is 47.5 Å². The maximum absolute atomic E-state index is 13.8. The van der Waals surface area contributed by atoms with E-state index in [0.29, 0.717) is 5.69 Å². The van der Waals surface area contributed by atoms with Crippen LogP contribution in [0.5, 0.6) is 0 Å². The monoisotopic (exact) mass is 483 g/mol. The van der Waals surface area contributed by atoms with Gasteiger partial charge in [0, 0.05) is 18.3 Å². The van der Waals surface area contributed by atoms with E-state index in [1.54, 1.807) is 25.1 Å². The molecule has 1 saturated carbocycles. The zero-order chi connectivity index (χ0) is 24.5. The van der Waals surface area contributed by atoms with Crippen molar-refractivity contribution in [3.63, 3.8) is 0 Å². The van der Waals surface area contributed by atoms with Crippen LogP contribution in [0.1, 0.15) is 50.2 Å². The van der Waals surface area contributed by atoms with E-state index in [1.165, 1.54) is 17.0 Å². The standard InChI is InChI=1S/C26H33N3O4S/c1-19-14-20(2)16-22(15-19)29-24(30)17-28(34(32,33)23-12-8-5-9-13-23)18-26(29,3)25(31)27-21-10-6-4-7-11-21/h5,8-9,12-16,21H,4,6-7,10-11,17-18H2,1-3H3,(H,27,31)/t26-/m1/s1. The van der Waals surface area contributed by atoms with Gasteiger partial charge in [-0.05, 0) is 69.0 Å². The summed E-state index contributed by atoms with van der Waals surface area (Å²) in [6, 6.07) is 13.8. The van der Waals surface area contributed by atoms with Crippen LogP contribution < -0.4 is 10.2 Å². The number of piperazine rings is 1. The molecule has 0 unspecified atom stereocenters. The number of carbonyl (C=O) groups is 2. The van der Waals surface area contributed by atoms with E-state index < -0.39 is 21.5 Å². The Kier molecular flexibility index (Phi) is 6.82. The number of benzene rings is 2. The van der Waals surface area contributed by atoms with Gasteiger partial charge in [0.25, 0.3) is 0 Å². The lowest BCUT2D eigenvalue weighted by Gasteiger charge is -2.47. The lowest BCUT2D eigenvalue weighted by atomic mass is 9.91. The molecule has 0 bridgehead atoms. The molecule has 8 heteroatoms. The quantitative estimate of drug-likeness (QED) is 0.705. The smallest absolute Gasteiger partial charge is 0.247 e. The zero-order valence-corrected chi connectivity index (χ0v) is 20.9. The van der Waals surface area contributed by atoms with E-state index in [4.69, 9.17) is 0 Å². The summed E-state index contributed by atoms with van der Waals surface area (Å²) in [5, 5.41) is 3.14. The van der Waals surface area contributed by atoms with Gasteiger partial charge in [0.1, 0.15) is 5.54 Å². The van der Waals surface area contributed by atoms with Crippen LogP contribution in [0.3, 0.4) is 0 Å². The molecule has 4 rings (SSSR count). The summed E-state index contributed by atoms with van der Waals surface area (Å²) in [7, 11) is -3.95. The molecule has 2 aromatic rings. The number of hydrogen-bond donors (Lipinski definition) is 1. The van der Waals surface area contributed by atoms with Gasteiger partial charge in [0.15, 0.2) is 0 Å². The first-order valence-corrected chi connectivity index (χ1v) is 13.3. The Morgan fingerprint density at radius 2 is 1.62 bits per heavy atom. The van der Waals surface area contributed by atoms with Crippen molar-refractivity contribution in [3.05, 3.63) is 59.7 Å². The molecule has 7 nitrogen and oxygen atoms in total. The van der Waals surface area contributed by atoms with Crippen LogP contribution in [0.2, 0.25) is 0 Å². The van der Waals surface area contributed by atoms with Gasteiger partial charge >= 0.3 is 0 Å². The molecule has 1 N–H and O–H groups in total. The first-order chi connectivity index (χ1) is 16.1. The summed E-state index contributed by atoms with van der Waals surface area (Å²) in [5.74, 6) is -0.739. The molecule has 1 saturated heterocycles. The van der Waals surface area contributed by atoms with Crippen molar-refractivity contribution in [3.8, 4) is 0 Å². The predicted molar refractivity (Wildman–Crippen MR) is 132 cm³/mol. The Morgan fingerprint density at radius 1 is 1.00 bits per heavy atom. The summed E-state index contributed by atoms with van der Waals surface area (Å²) in [6.07, 6.45) is 5.04. The normalized spacial score (nSPS) is 22.6. The summed E-state index contributed by atoms with van der Waals surface area (Å²) >= 11 is 0. The number of aryl methyl sites for hydroxylation is 2. The summed E-state index contributed by atoms with van der Waals surface area (Å²) < 4.78 is 28.0. The Hall–Kier alpha value is -2.71. The Bertz CT molecular complexity index is 1160. The van der Waals surface area contributed by atoms with Gasteiger partial charge < -0.3 is 5.32 Å².